The van der Waals surface area contributed by atoms with Crippen LogP contribution in [0.15, 0.2) is 66.7 Å². The molecular formula is C25H28ClN3O3. The van der Waals surface area contributed by atoms with Gasteiger partial charge in [-0.15, -0.1) is 12.4 Å². The van der Waals surface area contributed by atoms with Gasteiger partial charge in [0.15, 0.2) is 11.5 Å². The fourth-order valence-electron chi connectivity index (χ4n) is 4.47. The number of para-hydroxylation sites is 5. The summed E-state index contributed by atoms with van der Waals surface area (Å²) in [6.45, 7) is 4.69. The van der Waals surface area contributed by atoms with Crippen LogP contribution in [0.2, 0.25) is 0 Å². The van der Waals surface area contributed by atoms with Crippen molar-refractivity contribution < 1.29 is 14.6 Å². The Balaban J connectivity index is 0.00000245. The highest BCUT2D eigenvalue weighted by Gasteiger charge is 2.27. The largest absolute Gasteiger partial charge is 0.506 e. The fraction of sp³-hybridized carbons (Fsp3) is 0.280. The van der Waals surface area contributed by atoms with Gasteiger partial charge in [0.2, 0.25) is 0 Å². The molecule has 0 saturated carbocycles. The van der Waals surface area contributed by atoms with E-state index >= 15 is 0 Å². The Kier molecular flexibility index (Phi) is 6.63. The van der Waals surface area contributed by atoms with Gasteiger partial charge in [0.25, 0.3) is 0 Å². The first kappa shape index (κ1) is 22.1. The van der Waals surface area contributed by atoms with Crippen LogP contribution in [-0.4, -0.2) is 50.0 Å². The fourth-order valence-corrected chi connectivity index (χ4v) is 4.47. The normalized spacial score (nSPS) is 14.9. The Morgan fingerprint density at radius 3 is 2.47 bits per heavy atom. The topological polar surface area (TPSA) is 48.4 Å². The number of phenols is 1. The smallest absolute Gasteiger partial charge is 0.155 e. The number of methoxy groups -OCH3 is 1. The Hall–Kier alpha value is -3.09. The number of fused-ring (bicyclic) bond motifs is 2. The van der Waals surface area contributed by atoms with E-state index in [1.807, 2.05) is 48.5 Å². The molecule has 0 atom stereocenters. The number of nitrogens with zero attached hydrogens (tertiary/aromatic N) is 3. The number of aromatic hydroxyl groups is 1. The lowest BCUT2D eigenvalue weighted by Crippen LogP contribution is -2.29. The molecule has 3 aromatic rings. The van der Waals surface area contributed by atoms with Crippen molar-refractivity contribution in [1.29, 1.82) is 0 Å². The molecule has 2 aliphatic heterocycles. The third-order valence-corrected chi connectivity index (χ3v) is 5.96. The van der Waals surface area contributed by atoms with E-state index in [1.165, 1.54) is 0 Å². The van der Waals surface area contributed by atoms with E-state index < -0.39 is 0 Å². The summed E-state index contributed by atoms with van der Waals surface area (Å²) in [5, 5.41) is 10.5. The van der Waals surface area contributed by atoms with Gasteiger partial charge >= 0.3 is 0 Å². The maximum Gasteiger partial charge on any atom is 0.155 e. The van der Waals surface area contributed by atoms with Gasteiger partial charge in [0.05, 0.1) is 25.2 Å². The molecule has 0 aliphatic carbocycles. The lowest BCUT2D eigenvalue weighted by Gasteiger charge is -2.33. The SMILES string of the molecule is COc1ccccc1N1CCN(CCCN2c3ccccc3Oc3cccc(O)c32)C1.Cl. The van der Waals surface area contributed by atoms with E-state index in [-0.39, 0.29) is 18.2 Å². The second kappa shape index (κ2) is 9.59. The molecule has 7 heteroatoms. The van der Waals surface area contributed by atoms with Crippen molar-refractivity contribution in [2.24, 2.45) is 0 Å². The molecule has 0 amide bonds. The first-order chi connectivity index (χ1) is 15.2. The van der Waals surface area contributed by atoms with Crippen molar-refractivity contribution in [3.63, 3.8) is 0 Å². The maximum atomic E-state index is 10.5. The Morgan fingerprint density at radius 1 is 0.875 bits per heavy atom. The average Bonchev–Trinajstić information content (AvgIpc) is 3.27. The summed E-state index contributed by atoms with van der Waals surface area (Å²) >= 11 is 0. The van der Waals surface area contributed by atoms with Crippen molar-refractivity contribution >= 4 is 29.5 Å². The summed E-state index contributed by atoms with van der Waals surface area (Å²) in [5.41, 5.74) is 2.89. The highest BCUT2D eigenvalue weighted by atomic mass is 35.5. The van der Waals surface area contributed by atoms with Crippen LogP contribution in [0.4, 0.5) is 17.1 Å². The molecule has 0 aromatic heterocycles. The van der Waals surface area contributed by atoms with Gasteiger partial charge < -0.3 is 24.4 Å². The predicted octanol–water partition coefficient (Wildman–Crippen LogP) is 5.24. The van der Waals surface area contributed by atoms with E-state index in [9.17, 15) is 5.11 Å². The number of benzene rings is 3. The monoisotopic (exact) mass is 453 g/mol. The van der Waals surface area contributed by atoms with Gasteiger partial charge in [-0.2, -0.15) is 0 Å². The number of hydrogen-bond donors (Lipinski definition) is 1. The summed E-state index contributed by atoms with van der Waals surface area (Å²) in [5.74, 6) is 2.68. The highest BCUT2D eigenvalue weighted by molar-refractivity contribution is 5.85. The highest BCUT2D eigenvalue weighted by Crippen LogP contribution is 2.50. The van der Waals surface area contributed by atoms with E-state index in [4.69, 9.17) is 9.47 Å². The summed E-state index contributed by atoms with van der Waals surface area (Å²) in [6, 6.07) is 21.6. The van der Waals surface area contributed by atoms with Crippen LogP contribution in [0.5, 0.6) is 23.0 Å². The first-order valence-electron chi connectivity index (χ1n) is 10.7. The van der Waals surface area contributed by atoms with Crippen molar-refractivity contribution in [3.8, 4) is 23.0 Å². The minimum Gasteiger partial charge on any atom is -0.506 e. The van der Waals surface area contributed by atoms with Gasteiger partial charge in [0, 0.05) is 26.2 Å². The average molecular weight is 454 g/mol. The number of hydrogen-bond acceptors (Lipinski definition) is 6. The quantitative estimate of drug-likeness (QED) is 0.551. The zero-order valence-electron chi connectivity index (χ0n) is 18.1. The van der Waals surface area contributed by atoms with Gasteiger partial charge in [-0.1, -0.05) is 30.3 Å². The molecule has 1 N–H and O–H groups in total. The third kappa shape index (κ3) is 4.16. The summed E-state index contributed by atoms with van der Waals surface area (Å²) in [7, 11) is 1.72. The molecule has 0 spiro atoms. The van der Waals surface area contributed by atoms with Crippen LogP contribution in [0, 0.1) is 0 Å². The Morgan fingerprint density at radius 2 is 1.62 bits per heavy atom. The number of rotatable bonds is 6. The lowest BCUT2D eigenvalue weighted by atomic mass is 10.1. The summed E-state index contributed by atoms with van der Waals surface area (Å²) < 4.78 is 11.6. The minimum atomic E-state index is 0. The number of halogens is 1. The molecule has 0 radical (unpaired) electrons. The lowest BCUT2D eigenvalue weighted by molar-refractivity contribution is 0.337. The molecule has 32 heavy (non-hydrogen) atoms. The molecule has 0 bridgehead atoms. The molecule has 5 rings (SSSR count). The minimum absolute atomic E-state index is 0. The first-order valence-corrected chi connectivity index (χ1v) is 10.7. The Labute approximate surface area is 195 Å². The maximum absolute atomic E-state index is 10.5. The van der Waals surface area contributed by atoms with Crippen molar-refractivity contribution in [1.82, 2.24) is 4.90 Å². The molecule has 2 heterocycles. The second-order valence-corrected chi connectivity index (χ2v) is 7.89. The van der Waals surface area contributed by atoms with Crippen LogP contribution in [-0.2, 0) is 0 Å². The van der Waals surface area contributed by atoms with Crippen molar-refractivity contribution in [2.45, 2.75) is 6.42 Å². The summed E-state index contributed by atoms with van der Waals surface area (Å²) in [4.78, 5) is 7.01. The van der Waals surface area contributed by atoms with Gasteiger partial charge in [-0.3, -0.25) is 4.90 Å². The Bertz CT molecular complexity index is 1080. The molecule has 6 nitrogen and oxygen atoms in total. The zero-order chi connectivity index (χ0) is 21.2. The van der Waals surface area contributed by atoms with Gasteiger partial charge in [-0.05, 0) is 42.8 Å². The third-order valence-electron chi connectivity index (χ3n) is 5.96. The van der Waals surface area contributed by atoms with Gasteiger partial charge in [-0.25, -0.2) is 0 Å². The number of anilines is 3. The molecule has 1 saturated heterocycles. The molecule has 3 aromatic carbocycles. The van der Waals surface area contributed by atoms with Crippen LogP contribution in [0.1, 0.15) is 6.42 Å². The second-order valence-electron chi connectivity index (χ2n) is 7.89. The van der Waals surface area contributed by atoms with Crippen LogP contribution < -0.4 is 19.3 Å². The van der Waals surface area contributed by atoms with Crippen LogP contribution >= 0.6 is 12.4 Å². The molecule has 0 unspecified atom stereocenters. The van der Waals surface area contributed by atoms with Gasteiger partial charge in [0.1, 0.15) is 17.2 Å². The summed E-state index contributed by atoms with van der Waals surface area (Å²) in [6.07, 6.45) is 0.974. The number of phenolic OH excluding ortho intramolecular Hbond substituents is 1. The molecular weight excluding hydrogens is 426 g/mol. The van der Waals surface area contributed by atoms with E-state index in [2.05, 4.69) is 26.8 Å². The number of ether oxygens (including phenoxy) is 2. The van der Waals surface area contributed by atoms with E-state index in [1.54, 1.807) is 13.2 Å². The van der Waals surface area contributed by atoms with Crippen molar-refractivity contribution in [2.75, 3.05) is 49.8 Å². The predicted molar refractivity (Wildman–Crippen MR) is 130 cm³/mol. The molecule has 2 aliphatic rings. The van der Waals surface area contributed by atoms with Crippen LogP contribution in [0.3, 0.4) is 0 Å². The molecule has 1 fully saturated rings. The standard InChI is InChI=1S/C25H27N3O3.ClH/c1-30-22-11-4-2-8-19(22)27-17-16-26(18-27)14-7-15-28-20-9-3-5-12-23(20)31-24-13-6-10-21(29)25(24)28;/h2-6,8-13,29H,7,14-18H2,1H3;1H. The van der Waals surface area contributed by atoms with Crippen LogP contribution in [0.25, 0.3) is 0 Å². The van der Waals surface area contributed by atoms with E-state index in [0.717, 1.165) is 67.8 Å². The van der Waals surface area contributed by atoms with Crippen molar-refractivity contribution in [3.05, 3.63) is 66.7 Å². The zero-order valence-corrected chi connectivity index (χ0v) is 18.9. The molecule has 168 valence electrons. The van der Waals surface area contributed by atoms with E-state index in [0.29, 0.717) is 5.75 Å².